The molecule has 0 aliphatic carbocycles. The molecule has 1 saturated heterocycles. The summed E-state index contributed by atoms with van der Waals surface area (Å²) in [6.07, 6.45) is 0.474. The van der Waals surface area contributed by atoms with E-state index in [-0.39, 0.29) is 37.3 Å². The molecule has 0 bridgehead atoms. The van der Waals surface area contributed by atoms with Crippen molar-refractivity contribution in [2.24, 2.45) is 0 Å². The zero-order valence-electron chi connectivity index (χ0n) is 16.6. The lowest BCUT2D eigenvalue weighted by atomic mass is 9.98. The van der Waals surface area contributed by atoms with Crippen LogP contribution in [0.3, 0.4) is 0 Å². The van der Waals surface area contributed by atoms with Crippen LogP contribution < -0.4 is 4.74 Å². The van der Waals surface area contributed by atoms with Crippen molar-refractivity contribution in [3.8, 4) is 5.75 Å². The van der Waals surface area contributed by atoms with Crippen LogP contribution in [0.1, 0.15) is 35.2 Å². The van der Waals surface area contributed by atoms with Gasteiger partial charge in [0.05, 0.1) is 6.61 Å². The highest BCUT2D eigenvalue weighted by atomic mass is 35.5. The second-order valence-corrected chi connectivity index (χ2v) is 7.42. The average Bonchev–Trinajstić information content (AvgIpc) is 2.73. The van der Waals surface area contributed by atoms with E-state index in [1.165, 1.54) is 0 Å². The zero-order valence-corrected chi connectivity index (χ0v) is 17.3. The molecule has 156 valence electrons. The number of ether oxygens (including phenoxy) is 1. The Hall–Kier alpha value is -3.12. The molecule has 1 N–H and O–H groups in total. The first-order valence-electron chi connectivity index (χ1n) is 9.64. The van der Waals surface area contributed by atoms with E-state index in [0.717, 1.165) is 10.5 Å². The van der Waals surface area contributed by atoms with Crippen molar-refractivity contribution in [3.63, 3.8) is 0 Å². The number of piperidine rings is 1. The summed E-state index contributed by atoms with van der Waals surface area (Å²) in [5.41, 5.74) is 0.928. The van der Waals surface area contributed by atoms with Crippen LogP contribution in [-0.2, 0) is 9.59 Å². The number of amides is 2. The van der Waals surface area contributed by atoms with Crippen molar-refractivity contribution in [1.82, 2.24) is 4.90 Å². The van der Waals surface area contributed by atoms with E-state index in [4.69, 9.17) is 16.3 Å². The molecular formula is C23H22ClNO5. The molecule has 6 nitrogen and oxygen atoms in total. The van der Waals surface area contributed by atoms with Crippen LogP contribution in [0.4, 0.5) is 0 Å². The molecule has 0 spiro atoms. The number of Topliss-reactive ketones (excluding diaryl/α,β-unsaturated/α-hetero) is 1. The number of benzene rings is 2. The van der Waals surface area contributed by atoms with E-state index < -0.39 is 17.6 Å². The summed E-state index contributed by atoms with van der Waals surface area (Å²) in [5.74, 6) is -1.33. The third kappa shape index (κ3) is 4.89. The summed E-state index contributed by atoms with van der Waals surface area (Å²) in [6.45, 7) is 2.16. The van der Waals surface area contributed by atoms with Crippen LogP contribution in [0.5, 0.6) is 5.75 Å². The number of imide groups is 1. The van der Waals surface area contributed by atoms with E-state index in [1.807, 2.05) is 6.92 Å². The Morgan fingerprint density at radius 1 is 1.17 bits per heavy atom. The minimum absolute atomic E-state index is 0.00112. The maximum absolute atomic E-state index is 12.7. The van der Waals surface area contributed by atoms with Gasteiger partial charge in [0.25, 0.3) is 11.8 Å². The summed E-state index contributed by atoms with van der Waals surface area (Å²) < 4.78 is 5.67. The number of hydrogen-bond donors (Lipinski definition) is 1. The van der Waals surface area contributed by atoms with Crippen LogP contribution in [-0.4, -0.2) is 40.8 Å². The van der Waals surface area contributed by atoms with E-state index in [9.17, 15) is 19.5 Å². The Morgan fingerprint density at radius 2 is 1.90 bits per heavy atom. The number of nitrogens with zero attached hydrogens (tertiary/aromatic N) is 1. The number of carbonyl (C=O) groups excluding carboxylic acids is 3. The first-order chi connectivity index (χ1) is 14.4. The fourth-order valence-corrected chi connectivity index (χ4v) is 3.46. The Balaban J connectivity index is 1.65. The number of ketones is 1. The minimum Gasteiger partial charge on any atom is -0.511 e. The fraction of sp³-hybridized carbons (Fsp3) is 0.261. The first-order valence-corrected chi connectivity index (χ1v) is 10.0. The lowest BCUT2D eigenvalue weighted by Crippen LogP contribution is -2.45. The van der Waals surface area contributed by atoms with Crippen LogP contribution in [0.2, 0.25) is 5.02 Å². The number of carbonyl (C=O) groups is 3. The molecule has 2 aromatic carbocycles. The van der Waals surface area contributed by atoms with Gasteiger partial charge >= 0.3 is 0 Å². The van der Waals surface area contributed by atoms with Crippen molar-refractivity contribution in [3.05, 3.63) is 76.0 Å². The monoisotopic (exact) mass is 427 g/mol. The van der Waals surface area contributed by atoms with Crippen molar-refractivity contribution in [2.45, 2.75) is 26.2 Å². The molecule has 0 saturated carbocycles. The van der Waals surface area contributed by atoms with Gasteiger partial charge < -0.3 is 9.84 Å². The van der Waals surface area contributed by atoms with Gasteiger partial charge in [-0.1, -0.05) is 29.8 Å². The molecule has 0 atom stereocenters. The molecule has 0 radical (unpaired) electrons. The second-order valence-electron chi connectivity index (χ2n) is 6.98. The van der Waals surface area contributed by atoms with Gasteiger partial charge in [-0.25, -0.2) is 0 Å². The van der Waals surface area contributed by atoms with Crippen LogP contribution >= 0.6 is 11.6 Å². The normalized spacial score (nSPS) is 15.9. The van der Waals surface area contributed by atoms with Crippen LogP contribution in [0.15, 0.2) is 59.9 Å². The second kappa shape index (κ2) is 9.59. The Bertz CT molecular complexity index is 1000. The van der Waals surface area contributed by atoms with Crippen molar-refractivity contribution >= 4 is 29.2 Å². The molecule has 0 aromatic heterocycles. The summed E-state index contributed by atoms with van der Waals surface area (Å²) in [7, 11) is 0. The molecule has 1 heterocycles. The van der Waals surface area contributed by atoms with Gasteiger partial charge in [0.15, 0.2) is 5.78 Å². The van der Waals surface area contributed by atoms with E-state index >= 15 is 0 Å². The number of hydrogen-bond acceptors (Lipinski definition) is 5. The highest BCUT2D eigenvalue weighted by molar-refractivity contribution is 6.30. The summed E-state index contributed by atoms with van der Waals surface area (Å²) in [6, 6.07) is 13.6. The lowest BCUT2D eigenvalue weighted by Gasteiger charge is -2.26. The molecule has 1 fully saturated rings. The van der Waals surface area contributed by atoms with E-state index in [1.54, 1.807) is 48.5 Å². The molecule has 30 heavy (non-hydrogen) atoms. The Labute approximate surface area is 179 Å². The molecule has 2 amide bonds. The molecule has 0 unspecified atom stereocenters. The van der Waals surface area contributed by atoms with Gasteiger partial charge in [0, 0.05) is 30.0 Å². The number of rotatable bonds is 6. The summed E-state index contributed by atoms with van der Waals surface area (Å²) >= 11 is 5.92. The standard InChI is InChI=1S/C23H22ClNO5/c1-15-14-17(24)9-10-20(15)30-13-5-8-18(26)21-19(27)11-12-25(23(21)29)22(28)16-6-3-2-4-7-16/h2-4,6-7,9-10,14,26H,5,8,11-13H2,1H3/b21-18-. The highest BCUT2D eigenvalue weighted by Gasteiger charge is 2.36. The van der Waals surface area contributed by atoms with E-state index in [2.05, 4.69) is 0 Å². The van der Waals surface area contributed by atoms with Crippen LogP contribution in [0.25, 0.3) is 0 Å². The summed E-state index contributed by atoms with van der Waals surface area (Å²) in [5, 5.41) is 11.0. The molecular weight excluding hydrogens is 406 g/mol. The van der Waals surface area contributed by atoms with Crippen LogP contribution in [0, 0.1) is 6.92 Å². The molecule has 1 aliphatic rings. The largest absolute Gasteiger partial charge is 0.511 e. The number of allylic oxidation sites excluding steroid dienone is 1. The third-order valence-electron chi connectivity index (χ3n) is 4.81. The van der Waals surface area contributed by atoms with Gasteiger partial charge in [-0.3, -0.25) is 19.3 Å². The summed E-state index contributed by atoms with van der Waals surface area (Å²) in [4.78, 5) is 38.6. The van der Waals surface area contributed by atoms with Gasteiger partial charge in [0.1, 0.15) is 17.1 Å². The SMILES string of the molecule is Cc1cc(Cl)ccc1OCCC/C(O)=C1\C(=O)CCN(C(=O)c2ccccc2)C1=O. The maximum Gasteiger partial charge on any atom is 0.267 e. The van der Waals surface area contributed by atoms with Gasteiger partial charge in [-0.2, -0.15) is 0 Å². The Morgan fingerprint density at radius 3 is 2.60 bits per heavy atom. The lowest BCUT2D eigenvalue weighted by molar-refractivity contribution is -0.131. The van der Waals surface area contributed by atoms with Crippen molar-refractivity contribution in [1.29, 1.82) is 0 Å². The number of likely N-dealkylation sites (tertiary alicyclic amines) is 1. The zero-order chi connectivity index (χ0) is 21.7. The molecule has 1 aliphatic heterocycles. The predicted octanol–water partition coefficient (Wildman–Crippen LogP) is 4.26. The number of aliphatic hydroxyl groups excluding tert-OH is 1. The van der Waals surface area contributed by atoms with Gasteiger partial charge in [0.2, 0.25) is 0 Å². The smallest absolute Gasteiger partial charge is 0.267 e. The number of aryl methyl sites for hydroxylation is 1. The molecule has 7 heteroatoms. The quantitative estimate of drug-likeness (QED) is 0.245. The predicted molar refractivity (Wildman–Crippen MR) is 113 cm³/mol. The van der Waals surface area contributed by atoms with E-state index in [0.29, 0.717) is 22.8 Å². The fourth-order valence-electron chi connectivity index (χ4n) is 3.23. The highest BCUT2D eigenvalue weighted by Crippen LogP contribution is 2.23. The Kier molecular flexibility index (Phi) is 6.90. The first kappa shape index (κ1) is 21.6. The van der Waals surface area contributed by atoms with Gasteiger partial charge in [-0.05, 0) is 49.2 Å². The minimum atomic E-state index is -0.757. The number of aliphatic hydroxyl groups is 1. The topological polar surface area (TPSA) is 83.9 Å². The third-order valence-corrected chi connectivity index (χ3v) is 5.04. The van der Waals surface area contributed by atoms with Crippen molar-refractivity contribution in [2.75, 3.05) is 13.2 Å². The molecule has 3 rings (SSSR count). The van der Waals surface area contributed by atoms with Gasteiger partial charge in [-0.15, -0.1) is 0 Å². The van der Waals surface area contributed by atoms with Crippen molar-refractivity contribution < 1.29 is 24.2 Å². The molecule has 2 aromatic rings. The average molecular weight is 428 g/mol. The maximum atomic E-state index is 12.7. The number of halogens is 1.